The van der Waals surface area contributed by atoms with Gasteiger partial charge in [0.2, 0.25) is 5.91 Å². The standard InChI is InChI=1S/C12H15FN2O2/c1-7-9(13)4-8(6-16)10(15-7)5-12(2,3)11(14)17/h4,6H,5H2,1-3H3,(H2,14,17). The van der Waals surface area contributed by atoms with E-state index in [2.05, 4.69) is 4.98 Å². The maximum Gasteiger partial charge on any atom is 0.223 e. The van der Waals surface area contributed by atoms with Crippen LogP contribution < -0.4 is 5.73 Å². The number of pyridine rings is 1. The van der Waals surface area contributed by atoms with Crippen LogP contribution in [-0.2, 0) is 11.2 Å². The first-order chi connectivity index (χ1) is 7.77. The molecule has 5 heteroatoms. The van der Waals surface area contributed by atoms with Gasteiger partial charge in [0.1, 0.15) is 5.82 Å². The molecule has 2 N–H and O–H groups in total. The average Bonchev–Trinajstić information content (AvgIpc) is 2.22. The molecule has 1 aromatic rings. The molecule has 0 saturated carbocycles. The van der Waals surface area contributed by atoms with Crippen molar-refractivity contribution >= 4 is 12.2 Å². The number of hydrogen-bond acceptors (Lipinski definition) is 3. The van der Waals surface area contributed by atoms with E-state index in [1.807, 2.05) is 0 Å². The zero-order valence-corrected chi connectivity index (χ0v) is 10.1. The zero-order chi connectivity index (χ0) is 13.2. The van der Waals surface area contributed by atoms with Gasteiger partial charge >= 0.3 is 0 Å². The van der Waals surface area contributed by atoms with Crippen molar-refractivity contribution in [2.45, 2.75) is 27.2 Å². The molecule has 92 valence electrons. The van der Waals surface area contributed by atoms with Crippen LogP contribution in [0.4, 0.5) is 4.39 Å². The number of halogens is 1. The van der Waals surface area contributed by atoms with Gasteiger partial charge in [0, 0.05) is 17.4 Å². The van der Waals surface area contributed by atoms with E-state index in [9.17, 15) is 14.0 Å². The van der Waals surface area contributed by atoms with Crippen molar-refractivity contribution in [3.8, 4) is 0 Å². The minimum Gasteiger partial charge on any atom is -0.369 e. The van der Waals surface area contributed by atoms with Crippen LogP contribution in [0.25, 0.3) is 0 Å². The fourth-order valence-electron chi connectivity index (χ4n) is 1.39. The van der Waals surface area contributed by atoms with Gasteiger partial charge < -0.3 is 5.73 Å². The summed E-state index contributed by atoms with van der Waals surface area (Å²) in [6.07, 6.45) is 0.736. The SMILES string of the molecule is Cc1nc(CC(C)(C)C(N)=O)c(C=O)cc1F. The van der Waals surface area contributed by atoms with E-state index in [4.69, 9.17) is 5.73 Å². The second-order valence-corrected chi connectivity index (χ2v) is 4.63. The van der Waals surface area contributed by atoms with Gasteiger partial charge in [0.05, 0.1) is 11.4 Å². The van der Waals surface area contributed by atoms with Gasteiger partial charge in [-0.2, -0.15) is 0 Å². The third kappa shape index (κ3) is 2.87. The highest BCUT2D eigenvalue weighted by atomic mass is 19.1. The lowest BCUT2D eigenvalue weighted by Crippen LogP contribution is -2.34. The Morgan fingerprint density at radius 3 is 2.65 bits per heavy atom. The molecule has 1 heterocycles. The first kappa shape index (κ1) is 13.3. The number of nitrogens with zero attached hydrogens (tertiary/aromatic N) is 1. The summed E-state index contributed by atoms with van der Waals surface area (Å²) < 4.78 is 13.2. The average molecular weight is 238 g/mol. The van der Waals surface area contributed by atoms with Crippen molar-refractivity contribution in [2.24, 2.45) is 11.1 Å². The Labute approximate surface area is 99.0 Å². The van der Waals surface area contributed by atoms with Gasteiger partial charge in [-0.1, -0.05) is 13.8 Å². The molecule has 0 unspecified atom stereocenters. The number of primary amides is 1. The Morgan fingerprint density at radius 2 is 2.18 bits per heavy atom. The first-order valence-corrected chi connectivity index (χ1v) is 5.19. The minimum absolute atomic E-state index is 0.155. The molecule has 0 atom stereocenters. The summed E-state index contributed by atoms with van der Waals surface area (Å²) in [7, 11) is 0. The zero-order valence-electron chi connectivity index (χ0n) is 10.1. The first-order valence-electron chi connectivity index (χ1n) is 5.19. The number of rotatable bonds is 4. The van der Waals surface area contributed by atoms with E-state index in [0.717, 1.165) is 6.07 Å². The molecule has 0 saturated heterocycles. The Bertz CT molecular complexity index is 470. The highest BCUT2D eigenvalue weighted by molar-refractivity contribution is 5.81. The van der Waals surface area contributed by atoms with Crippen LogP contribution >= 0.6 is 0 Å². The maximum atomic E-state index is 13.2. The Morgan fingerprint density at radius 1 is 1.59 bits per heavy atom. The number of aryl methyl sites for hydroxylation is 1. The van der Waals surface area contributed by atoms with Crippen LogP contribution in [0.5, 0.6) is 0 Å². The normalized spacial score (nSPS) is 11.3. The molecule has 0 radical (unpaired) electrons. The molecule has 4 nitrogen and oxygen atoms in total. The highest BCUT2D eigenvalue weighted by Gasteiger charge is 2.27. The van der Waals surface area contributed by atoms with Crippen LogP contribution in [0.15, 0.2) is 6.07 Å². The predicted octanol–water partition coefficient (Wildman–Crippen LogP) is 1.40. The van der Waals surface area contributed by atoms with E-state index < -0.39 is 17.1 Å². The summed E-state index contributed by atoms with van der Waals surface area (Å²) in [6.45, 7) is 4.82. The smallest absolute Gasteiger partial charge is 0.223 e. The van der Waals surface area contributed by atoms with Crippen LogP contribution in [0.2, 0.25) is 0 Å². The number of amides is 1. The van der Waals surface area contributed by atoms with Gasteiger partial charge in [0.25, 0.3) is 0 Å². The fraction of sp³-hybridized carbons (Fsp3) is 0.417. The van der Waals surface area contributed by atoms with Crippen molar-refractivity contribution in [1.82, 2.24) is 4.98 Å². The fourth-order valence-corrected chi connectivity index (χ4v) is 1.39. The summed E-state index contributed by atoms with van der Waals surface area (Å²) in [6, 6.07) is 1.13. The Balaban J connectivity index is 3.18. The third-order valence-corrected chi connectivity index (χ3v) is 2.67. The third-order valence-electron chi connectivity index (χ3n) is 2.67. The van der Waals surface area contributed by atoms with Crippen molar-refractivity contribution in [1.29, 1.82) is 0 Å². The molecule has 0 aliphatic heterocycles. The molecule has 0 bridgehead atoms. The van der Waals surface area contributed by atoms with E-state index in [-0.39, 0.29) is 17.7 Å². The van der Waals surface area contributed by atoms with Crippen LogP contribution in [0, 0.1) is 18.2 Å². The number of aromatic nitrogens is 1. The summed E-state index contributed by atoms with van der Waals surface area (Å²) in [4.78, 5) is 26.0. The lowest BCUT2D eigenvalue weighted by atomic mass is 9.86. The molecule has 1 aromatic heterocycles. The number of carbonyl (C=O) groups is 2. The summed E-state index contributed by atoms with van der Waals surface area (Å²) in [5.74, 6) is -1.02. The van der Waals surface area contributed by atoms with Crippen LogP contribution in [0.1, 0.15) is 35.6 Å². The topological polar surface area (TPSA) is 73.0 Å². The van der Waals surface area contributed by atoms with E-state index in [1.165, 1.54) is 6.92 Å². The van der Waals surface area contributed by atoms with Crippen LogP contribution in [0.3, 0.4) is 0 Å². The molecular weight excluding hydrogens is 223 g/mol. The van der Waals surface area contributed by atoms with E-state index in [1.54, 1.807) is 13.8 Å². The largest absolute Gasteiger partial charge is 0.369 e. The number of carbonyl (C=O) groups excluding carboxylic acids is 2. The number of aldehydes is 1. The second kappa shape index (κ2) is 4.61. The van der Waals surface area contributed by atoms with Gasteiger partial charge in [-0.15, -0.1) is 0 Å². The molecule has 1 amide bonds. The molecule has 0 aliphatic rings. The van der Waals surface area contributed by atoms with E-state index in [0.29, 0.717) is 12.0 Å². The summed E-state index contributed by atoms with van der Waals surface area (Å²) >= 11 is 0. The number of hydrogen-bond donors (Lipinski definition) is 1. The molecule has 0 aromatic carbocycles. The van der Waals surface area contributed by atoms with Crippen molar-refractivity contribution < 1.29 is 14.0 Å². The Kier molecular flexibility index (Phi) is 3.60. The Hall–Kier alpha value is -1.78. The summed E-state index contributed by atoms with van der Waals surface area (Å²) in [5.41, 5.74) is 5.17. The monoisotopic (exact) mass is 238 g/mol. The molecule has 0 aliphatic carbocycles. The highest BCUT2D eigenvalue weighted by Crippen LogP contribution is 2.22. The van der Waals surface area contributed by atoms with Crippen molar-refractivity contribution in [3.63, 3.8) is 0 Å². The molecule has 0 fully saturated rings. The van der Waals surface area contributed by atoms with Gasteiger partial charge in [-0.25, -0.2) is 4.39 Å². The van der Waals surface area contributed by atoms with Crippen molar-refractivity contribution in [3.05, 3.63) is 28.8 Å². The lowest BCUT2D eigenvalue weighted by Gasteiger charge is -2.20. The second-order valence-electron chi connectivity index (χ2n) is 4.63. The number of nitrogens with two attached hydrogens (primary N) is 1. The summed E-state index contributed by atoms with van der Waals surface area (Å²) in [5, 5.41) is 0. The quantitative estimate of drug-likeness (QED) is 0.806. The van der Waals surface area contributed by atoms with Gasteiger partial charge in [-0.3, -0.25) is 14.6 Å². The lowest BCUT2D eigenvalue weighted by molar-refractivity contribution is -0.125. The van der Waals surface area contributed by atoms with E-state index >= 15 is 0 Å². The maximum absolute atomic E-state index is 13.2. The van der Waals surface area contributed by atoms with Crippen molar-refractivity contribution in [2.75, 3.05) is 0 Å². The molecule has 0 spiro atoms. The van der Waals surface area contributed by atoms with Gasteiger partial charge in [0.15, 0.2) is 6.29 Å². The van der Waals surface area contributed by atoms with Crippen LogP contribution in [-0.4, -0.2) is 17.2 Å². The molecular formula is C12H15FN2O2. The minimum atomic E-state index is -0.824. The molecule has 1 rings (SSSR count). The predicted molar refractivity (Wildman–Crippen MR) is 61.0 cm³/mol. The van der Waals surface area contributed by atoms with Gasteiger partial charge in [-0.05, 0) is 13.0 Å². The molecule has 17 heavy (non-hydrogen) atoms.